The lowest BCUT2D eigenvalue weighted by Crippen LogP contribution is -2.39. The number of amides is 4. The third-order valence-corrected chi connectivity index (χ3v) is 4.56. The first kappa shape index (κ1) is 19.3. The molecule has 2 rings (SSSR count). The Balaban J connectivity index is 1.79. The average molecular weight is 369 g/mol. The van der Waals surface area contributed by atoms with Crippen LogP contribution < -0.4 is 10.6 Å². The molecule has 0 bridgehead atoms. The van der Waals surface area contributed by atoms with E-state index in [1.807, 2.05) is 6.26 Å². The fourth-order valence-electron chi connectivity index (χ4n) is 2.53. The first-order chi connectivity index (χ1) is 12.0. The number of rotatable bonds is 10. The van der Waals surface area contributed by atoms with Crippen LogP contribution in [-0.4, -0.2) is 58.6 Å². The molecule has 8 nitrogen and oxygen atoms in total. The van der Waals surface area contributed by atoms with Crippen molar-refractivity contribution >= 4 is 29.6 Å². The number of aliphatic hydroxyl groups is 1. The van der Waals surface area contributed by atoms with E-state index >= 15 is 0 Å². The van der Waals surface area contributed by atoms with Crippen LogP contribution in [0.3, 0.4) is 0 Å². The number of carbonyl (C=O) groups is 3. The number of carbonyl (C=O) groups excluding carboxylic acids is 3. The van der Waals surface area contributed by atoms with Crippen molar-refractivity contribution in [2.45, 2.75) is 37.9 Å². The van der Waals surface area contributed by atoms with Crippen LogP contribution in [0.1, 0.15) is 25.0 Å². The highest BCUT2D eigenvalue weighted by atomic mass is 32.2. The predicted molar refractivity (Wildman–Crippen MR) is 92.8 cm³/mol. The molecule has 2 atom stereocenters. The molecular weight excluding hydrogens is 346 g/mol. The minimum Gasteiger partial charge on any atom is -0.467 e. The van der Waals surface area contributed by atoms with Gasteiger partial charge in [-0.15, -0.1) is 0 Å². The molecule has 1 aromatic rings. The molecule has 1 aliphatic rings. The van der Waals surface area contributed by atoms with Gasteiger partial charge in [-0.1, -0.05) is 0 Å². The van der Waals surface area contributed by atoms with Crippen molar-refractivity contribution in [2.75, 3.05) is 18.6 Å². The van der Waals surface area contributed by atoms with Gasteiger partial charge in [0.25, 0.3) is 5.91 Å². The van der Waals surface area contributed by atoms with Gasteiger partial charge in [0.05, 0.1) is 25.5 Å². The van der Waals surface area contributed by atoms with E-state index in [9.17, 15) is 19.5 Å². The molecule has 9 heteroatoms. The van der Waals surface area contributed by atoms with E-state index in [-0.39, 0.29) is 43.8 Å². The van der Waals surface area contributed by atoms with E-state index in [0.717, 1.165) is 10.7 Å². The summed E-state index contributed by atoms with van der Waals surface area (Å²) in [6.45, 7) is -0.0516. The molecule has 138 valence electrons. The van der Waals surface area contributed by atoms with E-state index in [0.29, 0.717) is 12.2 Å². The highest BCUT2D eigenvalue weighted by Gasteiger charge is 2.38. The average Bonchev–Trinajstić information content (AvgIpc) is 3.20. The molecule has 0 unspecified atom stereocenters. The summed E-state index contributed by atoms with van der Waals surface area (Å²) in [6, 6.07) is 1.88. The maximum atomic E-state index is 12.3. The van der Waals surface area contributed by atoms with Gasteiger partial charge in [0, 0.05) is 6.42 Å². The van der Waals surface area contributed by atoms with Gasteiger partial charge in [-0.05, 0) is 37.0 Å². The zero-order valence-corrected chi connectivity index (χ0v) is 14.9. The van der Waals surface area contributed by atoms with E-state index < -0.39 is 12.1 Å². The second-order valence-electron chi connectivity index (χ2n) is 5.77. The van der Waals surface area contributed by atoms with Gasteiger partial charge < -0.3 is 20.2 Å². The number of hydrogen-bond donors (Lipinski definition) is 3. The number of aliphatic hydroxyl groups excluding tert-OH is 1. The van der Waals surface area contributed by atoms with Crippen LogP contribution >= 0.6 is 11.8 Å². The third-order valence-electron chi connectivity index (χ3n) is 3.92. The zero-order chi connectivity index (χ0) is 18.2. The number of thioether (sulfide) groups is 1. The van der Waals surface area contributed by atoms with Gasteiger partial charge in [-0.25, -0.2) is 4.79 Å². The van der Waals surface area contributed by atoms with Crippen LogP contribution in [-0.2, 0) is 16.1 Å². The SMILES string of the molecule is CSCC[C@H](CO)NC(=O)CC[C@@H]1NC(=O)N(Cc2ccco2)C1=O. The summed E-state index contributed by atoms with van der Waals surface area (Å²) in [6.07, 6.45) is 4.43. The number of furan rings is 1. The quantitative estimate of drug-likeness (QED) is 0.524. The van der Waals surface area contributed by atoms with Crippen LogP contribution in [0.25, 0.3) is 0 Å². The van der Waals surface area contributed by atoms with Crippen molar-refractivity contribution in [3.05, 3.63) is 24.2 Å². The molecule has 1 saturated heterocycles. The Bertz CT molecular complexity index is 593. The molecular formula is C16H23N3O5S. The summed E-state index contributed by atoms with van der Waals surface area (Å²) in [5, 5.41) is 14.6. The number of imide groups is 1. The molecule has 2 heterocycles. The van der Waals surface area contributed by atoms with Gasteiger partial charge in [-0.3, -0.25) is 14.5 Å². The Morgan fingerprint density at radius 1 is 1.52 bits per heavy atom. The van der Waals surface area contributed by atoms with Crippen LogP contribution in [0.15, 0.2) is 22.8 Å². The highest BCUT2D eigenvalue weighted by molar-refractivity contribution is 7.98. The maximum Gasteiger partial charge on any atom is 0.325 e. The normalized spacial score (nSPS) is 18.3. The van der Waals surface area contributed by atoms with E-state index in [1.54, 1.807) is 23.9 Å². The fraction of sp³-hybridized carbons (Fsp3) is 0.562. The summed E-state index contributed by atoms with van der Waals surface area (Å²) in [4.78, 5) is 37.3. The van der Waals surface area contributed by atoms with Crippen molar-refractivity contribution in [2.24, 2.45) is 0 Å². The van der Waals surface area contributed by atoms with Crippen LogP contribution in [0.4, 0.5) is 4.79 Å². The van der Waals surface area contributed by atoms with Crippen LogP contribution in [0.2, 0.25) is 0 Å². The molecule has 25 heavy (non-hydrogen) atoms. The fourth-order valence-corrected chi connectivity index (χ4v) is 3.05. The molecule has 1 aromatic heterocycles. The Morgan fingerprint density at radius 3 is 2.96 bits per heavy atom. The molecule has 0 aliphatic carbocycles. The molecule has 0 saturated carbocycles. The largest absolute Gasteiger partial charge is 0.467 e. The zero-order valence-electron chi connectivity index (χ0n) is 14.1. The number of urea groups is 1. The second-order valence-corrected chi connectivity index (χ2v) is 6.76. The first-order valence-corrected chi connectivity index (χ1v) is 9.48. The summed E-state index contributed by atoms with van der Waals surface area (Å²) < 4.78 is 5.15. The monoisotopic (exact) mass is 369 g/mol. The van der Waals surface area contributed by atoms with Crippen LogP contribution in [0, 0.1) is 0 Å². The number of nitrogens with one attached hydrogen (secondary N) is 2. The lowest BCUT2D eigenvalue weighted by atomic mass is 10.1. The maximum absolute atomic E-state index is 12.3. The lowest BCUT2D eigenvalue weighted by molar-refractivity contribution is -0.128. The first-order valence-electron chi connectivity index (χ1n) is 8.08. The van der Waals surface area contributed by atoms with Gasteiger partial charge in [0.1, 0.15) is 11.8 Å². The van der Waals surface area contributed by atoms with Crippen LogP contribution in [0.5, 0.6) is 0 Å². The van der Waals surface area contributed by atoms with Crippen molar-refractivity contribution in [1.29, 1.82) is 0 Å². The van der Waals surface area contributed by atoms with Crippen molar-refractivity contribution < 1.29 is 23.9 Å². The summed E-state index contributed by atoms with van der Waals surface area (Å²) in [7, 11) is 0. The van der Waals surface area contributed by atoms with E-state index in [2.05, 4.69) is 10.6 Å². The topological polar surface area (TPSA) is 112 Å². The second kappa shape index (κ2) is 9.47. The molecule has 1 fully saturated rings. The van der Waals surface area contributed by atoms with Crippen molar-refractivity contribution in [3.8, 4) is 0 Å². The minimum atomic E-state index is -0.716. The Hall–Kier alpha value is -2.00. The van der Waals surface area contributed by atoms with Crippen molar-refractivity contribution in [3.63, 3.8) is 0 Å². The predicted octanol–water partition coefficient (Wildman–Crippen LogP) is 0.710. The van der Waals surface area contributed by atoms with Gasteiger partial charge in [0.2, 0.25) is 5.91 Å². The van der Waals surface area contributed by atoms with E-state index in [1.165, 1.54) is 6.26 Å². The highest BCUT2D eigenvalue weighted by Crippen LogP contribution is 2.15. The summed E-state index contributed by atoms with van der Waals surface area (Å²) >= 11 is 1.64. The number of nitrogens with zero attached hydrogens (tertiary/aromatic N) is 1. The smallest absolute Gasteiger partial charge is 0.325 e. The van der Waals surface area contributed by atoms with Gasteiger partial charge in [0.15, 0.2) is 0 Å². The Morgan fingerprint density at radius 2 is 2.32 bits per heavy atom. The van der Waals surface area contributed by atoms with Gasteiger partial charge in [-0.2, -0.15) is 11.8 Å². The Kier molecular flexibility index (Phi) is 7.32. The Labute approximate surface area is 150 Å². The lowest BCUT2D eigenvalue weighted by Gasteiger charge is -2.16. The number of hydrogen-bond acceptors (Lipinski definition) is 6. The van der Waals surface area contributed by atoms with E-state index in [4.69, 9.17) is 4.42 Å². The van der Waals surface area contributed by atoms with Crippen molar-refractivity contribution in [1.82, 2.24) is 15.5 Å². The molecule has 0 aromatic carbocycles. The molecule has 4 amide bonds. The summed E-state index contributed by atoms with van der Waals surface area (Å²) in [5.41, 5.74) is 0. The summed E-state index contributed by atoms with van der Waals surface area (Å²) in [5.74, 6) is 0.744. The molecule has 0 spiro atoms. The molecule has 3 N–H and O–H groups in total. The minimum absolute atomic E-state index is 0.0711. The standard InChI is InChI=1S/C16H23N3O5S/c1-25-8-6-11(10-20)17-14(21)5-4-13-15(22)19(16(23)18-13)9-12-3-2-7-24-12/h2-3,7,11,13,20H,4-6,8-10H2,1H3,(H,17,21)(H,18,23)/t11-,13+/m1/s1. The third kappa shape index (κ3) is 5.50. The van der Waals surface area contributed by atoms with Gasteiger partial charge >= 0.3 is 6.03 Å². The molecule has 1 aliphatic heterocycles. The molecule has 0 radical (unpaired) electrons.